The van der Waals surface area contributed by atoms with Crippen LogP contribution in [0.25, 0.3) is 0 Å². The molecule has 0 fully saturated rings. The zero-order valence-electron chi connectivity index (χ0n) is 11.8. The van der Waals surface area contributed by atoms with Crippen LogP contribution in [0.2, 0.25) is 0 Å². The van der Waals surface area contributed by atoms with E-state index in [0.29, 0.717) is 17.2 Å². The molecule has 2 aromatic carbocycles. The molecule has 0 saturated heterocycles. The molecule has 110 valence electrons. The zero-order valence-corrected chi connectivity index (χ0v) is 11.8. The fraction of sp³-hybridized carbons (Fsp3) is 0.188. The van der Waals surface area contributed by atoms with Crippen LogP contribution in [0, 0.1) is 0 Å². The van der Waals surface area contributed by atoms with Crippen molar-refractivity contribution >= 4 is 5.97 Å². The molecular formula is C16H16O5. The molecule has 0 unspecified atom stereocenters. The van der Waals surface area contributed by atoms with Crippen LogP contribution in [0.5, 0.6) is 17.2 Å². The number of aromatic carboxylic acids is 1. The maximum atomic E-state index is 10.9. The molecule has 2 aromatic rings. The lowest BCUT2D eigenvalue weighted by Crippen LogP contribution is -2.02. The third kappa shape index (κ3) is 3.66. The Hall–Kier alpha value is -2.69. The quantitative estimate of drug-likeness (QED) is 0.885. The highest BCUT2D eigenvalue weighted by atomic mass is 16.5. The normalized spacial score (nSPS) is 10.0. The second-order valence-electron chi connectivity index (χ2n) is 4.30. The Morgan fingerprint density at radius 2 is 1.81 bits per heavy atom. The summed E-state index contributed by atoms with van der Waals surface area (Å²) in [7, 11) is 3.09. The van der Waals surface area contributed by atoms with E-state index in [0.717, 1.165) is 5.56 Å². The molecule has 0 aliphatic rings. The van der Waals surface area contributed by atoms with Crippen molar-refractivity contribution in [2.24, 2.45) is 0 Å². The van der Waals surface area contributed by atoms with E-state index in [9.17, 15) is 4.79 Å². The Balaban J connectivity index is 2.13. The summed E-state index contributed by atoms with van der Waals surface area (Å²) in [6, 6.07) is 11.9. The van der Waals surface area contributed by atoms with Crippen LogP contribution in [-0.2, 0) is 6.61 Å². The summed E-state index contributed by atoms with van der Waals surface area (Å²) in [5, 5.41) is 8.96. The van der Waals surface area contributed by atoms with Gasteiger partial charge < -0.3 is 19.3 Å². The second kappa shape index (κ2) is 6.65. The van der Waals surface area contributed by atoms with E-state index in [1.807, 2.05) is 18.2 Å². The fourth-order valence-electron chi connectivity index (χ4n) is 1.85. The highest BCUT2D eigenvalue weighted by molar-refractivity contribution is 5.88. The van der Waals surface area contributed by atoms with Gasteiger partial charge in [0.25, 0.3) is 0 Å². The smallest absolute Gasteiger partial charge is 0.335 e. The molecule has 0 atom stereocenters. The molecule has 0 aliphatic heterocycles. The molecule has 0 radical (unpaired) electrons. The van der Waals surface area contributed by atoms with Gasteiger partial charge in [-0.05, 0) is 24.3 Å². The first-order chi connectivity index (χ1) is 10.1. The topological polar surface area (TPSA) is 65.0 Å². The van der Waals surface area contributed by atoms with Crippen LogP contribution in [0.15, 0.2) is 42.5 Å². The van der Waals surface area contributed by atoms with Crippen LogP contribution in [0.4, 0.5) is 0 Å². The average Bonchev–Trinajstić information content (AvgIpc) is 2.52. The molecule has 1 N–H and O–H groups in total. The number of carboxylic acid groups (broad SMARTS) is 1. The number of rotatable bonds is 6. The maximum Gasteiger partial charge on any atom is 0.335 e. The molecule has 0 spiro atoms. The summed E-state index contributed by atoms with van der Waals surface area (Å²) >= 11 is 0. The van der Waals surface area contributed by atoms with E-state index < -0.39 is 5.97 Å². The van der Waals surface area contributed by atoms with Crippen LogP contribution in [0.1, 0.15) is 15.9 Å². The standard InChI is InChI=1S/C16H16O5/c1-19-13-4-3-5-14(9-13)21-10-12-7-6-11(16(17)18)8-15(12)20-2/h3-9H,10H2,1-2H3,(H,17,18). The molecule has 0 amide bonds. The van der Waals surface area contributed by atoms with Gasteiger partial charge in [0.05, 0.1) is 19.8 Å². The van der Waals surface area contributed by atoms with Gasteiger partial charge in [-0.25, -0.2) is 4.79 Å². The summed E-state index contributed by atoms with van der Waals surface area (Å²) in [4.78, 5) is 10.9. The van der Waals surface area contributed by atoms with Crippen molar-refractivity contribution in [3.05, 3.63) is 53.6 Å². The van der Waals surface area contributed by atoms with Gasteiger partial charge in [0.1, 0.15) is 23.9 Å². The number of carbonyl (C=O) groups is 1. The SMILES string of the molecule is COc1cccc(OCc2ccc(C(=O)O)cc2OC)c1. The minimum Gasteiger partial charge on any atom is -0.497 e. The number of methoxy groups -OCH3 is 2. The van der Waals surface area contributed by atoms with E-state index in [2.05, 4.69) is 0 Å². The summed E-state index contributed by atoms with van der Waals surface area (Å²) in [6.07, 6.45) is 0. The predicted molar refractivity (Wildman–Crippen MR) is 77.3 cm³/mol. The molecule has 0 heterocycles. The monoisotopic (exact) mass is 288 g/mol. The van der Waals surface area contributed by atoms with Gasteiger partial charge in [-0.15, -0.1) is 0 Å². The van der Waals surface area contributed by atoms with Gasteiger partial charge in [0, 0.05) is 11.6 Å². The van der Waals surface area contributed by atoms with Crippen molar-refractivity contribution in [2.75, 3.05) is 14.2 Å². The molecular weight excluding hydrogens is 272 g/mol. The van der Waals surface area contributed by atoms with Gasteiger partial charge in [-0.1, -0.05) is 12.1 Å². The van der Waals surface area contributed by atoms with Gasteiger partial charge in [-0.2, -0.15) is 0 Å². The van der Waals surface area contributed by atoms with Crippen molar-refractivity contribution in [2.45, 2.75) is 6.61 Å². The van der Waals surface area contributed by atoms with Crippen molar-refractivity contribution in [1.82, 2.24) is 0 Å². The van der Waals surface area contributed by atoms with E-state index in [1.165, 1.54) is 19.2 Å². The third-order valence-electron chi connectivity index (χ3n) is 2.97. The van der Waals surface area contributed by atoms with Crippen molar-refractivity contribution in [3.63, 3.8) is 0 Å². The molecule has 0 aliphatic carbocycles. The van der Waals surface area contributed by atoms with Crippen LogP contribution < -0.4 is 14.2 Å². The van der Waals surface area contributed by atoms with Gasteiger partial charge >= 0.3 is 5.97 Å². The molecule has 0 aromatic heterocycles. The predicted octanol–water partition coefficient (Wildman–Crippen LogP) is 2.98. The van der Waals surface area contributed by atoms with Crippen LogP contribution >= 0.6 is 0 Å². The number of ether oxygens (including phenoxy) is 3. The molecule has 0 saturated carbocycles. The number of hydrogen-bond acceptors (Lipinski definition) is 4. The Morgan fingerprint density at radius 1 is 1.05 bits per heavy atom. The molecule has 21 heavy (non-hydrogen) atoms. The Kier molecular flexibility index (Phi) is 4.66. The molecule has 5 heteroatoms. The van der Waals surface area contributed by atoms with Gasteiger partial charge in [0.2, 0.25) is 0 Å². The number of benzene rings is 2. The van der Waals surface area contributed by atoms with Crippen LogP contribution in [0.3, 0.4) is 0 Å². The van der Waals surface area contributed by atoms with E-state index in [4.69, 9.17) is 19.3 Å². The van der Waals surface area contributed by atoms with Crippen molar-refractivity contribution < 1.29 is 24.1 Å². The summed E-state index contributed by atoms with van der Waals surface area (Å²) in [6.45, 7) is 0.274. The largest absolute Gasteiger partial charge is 0.497 e. The Labute approximate surface area is 122 Å². The van der Waals surface area contributed by atoms with E-state index in [-0.39, 0.29) is 12.2 Å². The van der Waals surface area contributed by atoms with E-state index in [1.54, 1.807) is 19.2 Å². The van der Waals surface area contributed by atoms with Gasteiger partial charge in [0.15, 0.2) is 0 Å². The lowest BCUT2D eigenvalue weighted by atomic mass is 10.1. The Morgan fingerprint density at radius 3 is 2.48 bits per heavy atom. The summed E-state index contributed by atoms with van der Waals surface area (Å²) in [5.41, 5.74) is 0.947. The first-order valence-corrected chi connectivity index (χ1v) is 6.31. The van der Waals surface area contributed by atoms with Crippen LogP contribution in [-0.4, -0.2) is 25.3 Å². The maximum absolute atomic E-state index is 10.9. The molecule has 0 bridgehead atoms. The number of hydrogen-bond donors (Lipinski definition) is 1. The number of carboxylic acids is 1. The lowest BCUT2D eigenvalue weighted by Gasteiger charge is -2.11. The van der Waals surface area contributed by atoms with Crippen molar-refractivity contribution in [1.29, 1.82) is 0 Å². The zero-order chi connectivity index (χ0) is 15.2. The average molecular weight is 288 g/mol. The van der Waals surface area contributed by atoms with Gasteiger partial charge in [-0.3, -0.25) is 0 Å². The fourth-order valence-corrected chi connectivity index (χ4v) is 1.85. The minimum absolute atomic E-state index is 0.178. The highest BCUT2D eigenvalue weighted by Crippen LogP contribution is 2.24. The van der Waals surface area contributed by atoms with E-state index >= 15 is 0 Å². The summed E-state index contributed by atoms with van der Waals surface area (Å²) < 4.78 is 16.0. The first-order valence-electron chi connectivity index (χ1n) is 6.31. The Bertz CT molecular complexity index is 636. The molecule has 2 rings (SSSR count). The second-order valence-corrected chi connectivity index (χ2v) is 4.30. The first kappa shape index (κ1) is 14.7. The van der Waals surface area contributed by atoms with Crippen molar-refractivity contribution in [3.8, 4) is 17.2 Å². The summed E-state index contributed by atoms with van der Waals surface area (Å²) in [5.74, 6) is 0.866. The highest BCUT2D eigenvalue weighted by Gasteiger charge is 2.09. The minimum atomic E-state index is -0.992. The third-order valence-corrected chi connectivity index (χ3v) is 2.97. The lowest BCUT2D eigenvalue weighted by molar-refractivity contribution is 0.0696. The molecule has 5 nitrogen and oxygen atoms in total.